The SMILES string of the molecule is COc1cc(Cl)c(C(CN)CO)cc1Cl. The van der Waals surface area contributed by atoms with Crippen LogP contribution in [-0.2, 0) is 0 Å². The number of hydrogen-bond donors (Lipinski definition) is 2. The fourth-order valence-corrected chi connectivity index (χ4v) is 1.87. The molecule has 0 fully saturated rings. The second-order valence-corrected chi connectivity index (χ2v) is 3.94. The molecule has 0 saturated carbocycles. The minimum Gasteiger partial charge on any atom is -0.495 e. The van der Waals surface area contributed by atoms with Crippen LogP contribution in [0.1, 0.15) is 11.5 Å². The first-order valence-corrected chi connectivity index (χ1v) is 5.23. The van der Waals surface area contributed by atoms with Crippen molar-refractivity contribution < 1.29 is 9.84 Å². The summed E-state index contributed by atoms with van der Waals surface area (Å²) < 4.78 is 5.02. The highest BCUT2D eigenvalue weighted by molar-refractivity contribution is 6.34. The second-order valence-electron chi connectivity index (χ2n) is 3.12. The topological polar surface area (TPSA) is 55.5 Å². The van der Waals surface area contributed by atoms with Crippen LogP contribution in [0.25, 0.3) is 0 Å². The van der Waals surface area contributed by atoms with Crippen LogP contribution in [0, 0.1) is 0 Å². The number of rotatable bonds is 4. The summed E-state index contributed by atoms with van der Waals surface area (Å²) in [4.78, 5) is 0. The van der Waals surface area contributed by atoms with Crippen LogP contribution >= 0.6 is 23.2 Å². The molecule has 0 aliphatic rings. The van der Waals surface area contributed by atoms with Crippen LogP contribution < -0.4 is 10.5 Å². The Balaban J connectivity index is 3.14. The van der Waals surface area contributed by atoms with E-state index in [1.54, 1.807) is 12.1 Å². The first-order chi connectivity index (χ1) is 7.13. The third kappa shape index (κ3) is 2.75. The zero-order chi connectivity index (χ0) is 11.4. The normalized spacial score (nSPS) is 12.6. The fraction of sp³-hybridized carbons (Fsp3) is 0.400. The molecule has 0 aliphatic carbocycles. The number of nitrogens with two attached hydrogens (primary N) is 1. The van der Waals surface area contributed by atoms with Crippen LogP contribution in [0.5, 0.6) is 5.75 Å². The lowest BCUT2D eigenvalue weighted by molar-refractivity contribution is 0.268. The van der Waals surface area contributed by atoms with E-state index >= 15 is 0 Å². The van der Waals surface area contributed by atoms with Gasteiger partial charge in [-0.25, -0.2) is 0 Å². The number of ether oxygens (including phenoxy) is 1. The number of hydrogen-bond acceptors (Lipinski definition) is 3. The van der Waals surface area contributed by atoms with E-state index in [2.05, 4.69) is 0 Å². The average molecular weight is 250 g/mol. The van der Waals surface area contributed by atoms with Gasteiger partial charge in [0, 0.05) is 23.6 Å². The predicted molar refractivity (Wildman–Crippen MR) is 61.9 cm³/mol. The molecule has 0 aliphatic heterocycles. The van der Waals surface area contributed by atoms with Crippen LogP contribution in [0.2, 0.25) is 10.0 Å². The van der Waals surface area contributed by atoms with Crippen LogP contribution in [-0.4, -0.2) is 25.4 Å². The summed E-state index contributed by atoms with van der Waals surface area (Å²) in [6.07, 6.45) is 0. The van der Waals surface area contributed by atoms with Gasteiger partial charge in [-0.1, -0.05) is 23.2 Å². The Labute approximate surface area is 98.7 Å². The highest BCUT2D eigenvalue weighted by atomic mass is 35.5. The summed E-state index contributed by atoms with van der Waals surface area (Å²) >= 11 is 12.0. The minimum atomic E-state index is -0.194. The Hall–Kier alpha value is -0.480. The molecule has 0 aromatic heterocycles. The van der Waals surface area contributed by atoms with Gasteiger partial charge in [0.2, 0.25) is 0 Å². The maximum atomic E-state index is 9.11. The molecule has 1 atom stereocenters. The lowest BCUT2D eigenvalue weighted by atomic mass is 10.00. The van der Waals surface area contributed by atoms with Gasteiger partial charge in [-0.15, -0.1) is 0 Å². The van der Waals surface area contributed by atoms with Gasteiger partial charge in [0.1, 0.15) is 5.75 Å². The van der Waals surface area contributed by atoms with Gasteiger partial charge in [0.05, 0.1) is 18.7 Å². The summed E-state index contributed by atoms with van der Waals surface area (Å²) in [6.45, 7) is 0.262. The van der Waals surface area contributed by atoms with Gasteiger partial charge in [-0.2, -0.15) is 0 Å². The molecule has 5 heteroatoms. The molecule has 3 nitrogen and oxygen atoms in total. The molecule has 0 heterocycles. The summed E-state index contributed by atoms with van der Waals surface area (Å²) in [5.41, 5.74) is 6.25. The van der Waals surface area contributed by atoms with Crippen molar-refractivity contribution in [3.05, 3.63) is 27.7 Å². The molecule has 1 unspecified atom stereocenters. The van der Waals surface area contributed by atoms with Gasteiger partial charge in [0.25, 0.3) is 0 Å². The summed E-state index contributed by atoms with van der Waals surface area (Å²) in [5.74, 6) is 0.319. The molecule has 15 heavy (non-hydrogen) atoms. The van der Waals surface area contributed by atoms with Crippen LogP contribution in [0.15, 0.2) is 12.1 Å². The largest absolute Gasteiger partial charge is 0.495 e. The van der Waals surface area contributed by atoms with Crippen LogP contribution in [0.4, 0.5) is 0 Å². The van der Waals surface area contributed by atoms with Crippen molar-refractivity contribution in [2.45, 2.75) is 5.92 Å². The Morgan fingerprint density at radius 1 is 1.40 bits per heavy atom. The molecule has 0 radical (unpaired) electrons. The van der Waals surface area contributed by atoms with Gasteiger partial charge < -0.3 is 15.6 Å². The van der Waals surface area contributed by atoms with E-state index in [0.717, 1.165) is 5.56 Å². The van der Waals surface area contributed by atoms with Crippen molar-refractivity contribution in [2.75, 3.05) is 20.3 Å². The maximum Gasteiger partial charge on any atom is 0.138 e. The van der Waals surface area contributed by atoms with E-state index in [9.17, 15) is 0 Å². The van der Waals surface area contributed by atoms with Crippen molar-refractivity contribution in [3.8, 4) is 5.75 Å². The Bertz CT molecular complexity index is 340. The standard InChI is InChI=1S/C10H13Cl2NO2/c1-15-10-3-8(11)7(2-9(10)12)6(4-13)5-14/h2-3,6,14H,4-5,13H2,1H3. The van der Waals surface area contributed by atoms with E-state index in [-0.39, 0.29) is 12.5 Å². The summed E-state index contributed by atoms with van der Waals surface area (Å²) in [7, 11) is 1.52. The van der Waals surface area contributed by atoms with E-state index in [1.165, 1.54) is 7.11 Å². The summed E-state index contributed by atoms with van der Waals surface area (Å²) in [5, 5.41) is 10.1. The Morgan fingerprint density at radius 3 is 2.53 bits per heavy atom. The smallest absolute Gasteiger partial charge is 0.138 e. The number of aliphatic hydroxyl groups excluding tert-OH is 1. The summed E-state index contributed by atoms with van der Waals surface area (Å²) in [6, 6.07) is 3.30. The van der Waals surface area contributed by atoms with E-state index in [1.807, 2.05) is 0 Å². The van der Waals surface area contributed by atoms with Crippen molar-refractivity contribution >= 4 is 23.2 Å². The molecule has 1 rings (SSSR count). The average Bonchev–Trinajstić information content (AvgIpc) is 2.24. The second kappa shape index (κ2) is 5.56. The molecule has 84 valence electrons. The Kier molecular flexibility index (Phi) is 4.67. The molecular weight excluding hydrogens is 237 g/mol. The van der Waals surface area contributed by atoms with Crippen molar-refractivity contribution in [2.24, 2.45) is 5.73 Å². The zero-order valence-electron chi connectivity index (χ0n) is 8.34. The molecule has 0 saturated heterocycles. The molecule has 1 aromatic carbocycles. The van der Waals surface area contributed by atoms with Gasteiger partial charge in [-0.3, -0.25) is 0 Å². The maximum absolute atomic E-state index is 9.11. The number of halogens is 2. The van der Waals surface area contributed by atoms with Crippen molar-refractivity contribution in [1.29, 1.82) is 0 Å². The third-order valence-electron chi connectivity index (χ3n) is 2.22. The number of methoxy groups -OCH3 is 1. The highest BCUT2D eigenvalue weighted by Gasteiger charge is 2.15. The van der Waals surface area contributed by atoms with E-state index in [4.69, 9.17) is 38.8 Å². The molecule has 3 N–H and O–H groups in total. The first kappa shape index (κ1) is 12.6. The van der Waals surface area contributed by atoms with Crippen molar-refractivity contribution in [3.63, 3.8) is 0 Å². The highest BCUT2D eigenvalue weighted by Crippen LogP contribution is 2.34. The lowest BCUT2D eigenvalue weighted by Gasteiger charge is -2.15. The third-order valence-corrected chi connectivity index (χ3v) is 2.84. The van der Waals surface area contributed by atoms with Gasteiger partial charge >= 0.3 is 0 Å². The monoisotopic (exact) mass is 249 g/mol. The van der Waals surface area contributed by atoms with Crippen LogP contribution in [0.3, 0.4) is 0 Å². The lowest BCUT2D eigenvalue weighted by Crippen LogP contribution is -2.16. The fourth-order valence-electron chi connectivity index (χ4n) is 1.31. The molecule has 0 amide bonds. The van der Waals surface area contributed by atoms with E-state index in [0.29, 0.717) is 22.3 Å². The molecule has 0 spiro atoms. The zero-order valence-corrected chi connectivity index (χ0v) is 9.85. The van der Waals surface area contributed by atoms with Gasteiger partial charge in [-0.05, 0) is 11.6 Å². The minimum absolute atomic E-state index is 0.0567. The van der Waals surface area contributed by atoms with E-state index < -0.39 is 0 Å². The van der Waals surface area contributed by atoms with Gasteiger partial charge in [0.15, 0.2) is 0 Å². The molecular formula is C10H13Cl2NO2. The Morgan fingerprint density at radius 2 is 2.07 bits per heavy atom. The first-order valence-electron chi connectivity index (χ1n) is 4.47. The van der Waals surface area contributed by atoms with Crippen molar-refractivity contribution in [1.82, 2.24) is 0 Å². The molecule has 0 bridgehead atoms. The molecule has 1 aromatic rings. The quantitative estimate of drug-likeness (QED) is 0.859. The predicted octanol–water partition coefficient (Wildman–Crippen LogP) is 2.04. The number of aliphatic hydroxyl groups is 1. The number of benzene rings is 1.